The molecule has 0 radical (unpaired) electrons. The lowest BCUT2D eigenvalue weighted by Crippen LogP contribution is -2.37. The van der Waals surface area contributed by atoms with Crippen molar-refractivity contribution < 1.29 is 9.21 Å². The zero-order chi connectivity index (χ0) is 16.1. The van der Waals surface area contributed by atoms with E-state index in [4.69, 9.17) is 10.2 Å². The Balaban J connectivity index is 1.75. The van der Waals surface area contributed by atoms with Gasteiger partial charge < -0.3 is 15.5 Å². The largest absolute Gasteiger partial charge is 0.468 e. The number of furan rings is 1. The minimum absolute atomic E-state index is 0.119. The quantitative estimate of drug-likeness (QED) is 0.855. The highest BCUT2D eigenvalue weighted by Crippen LogP contribution is 2.25. The van der Waals surface area contributed by atoms with Gasteiger partial charge in [-0.3, -0.25) is 9.69 Å². The molecule has 0 saturated carbocycles. The number of anilines is 1. The summed E-state index contributed by atoms with van der Waals surface area (Å²) in [6.07, 6.45) is 7.03. The van der Waals surface area contributed by atoms with E-state index < -0.39 is 5.91 Å². The molecule has 1 aliphatic rings. The van der Waals surface area contributed by atoms with Crippen molar-refractivity contribution in [3.63, 3.8) is 0 Å². The molecule has 3 N–H and O–H groups in total. The van der Waals surface area contributed by atoms with Gasteiger partial charge in [-0.1, -0.05) is 6.42 Å². The van der Waals surface area contributed by atoms with Gasteiger partial charge in [0.1, 0.15) is 11.6 Å². The van der Waals surface area contributed by atoms with Gasteiger partial charge in [0.05, 0.1) is 17.9 Å². The molecule has 0 bridgehead atoms. The fourth-order valence-electron chi connectivity index (χ4n) is 3.06. The van der Waals surface area contributed by atoms with Gasteiger partial charge in [-0.15, -0.1) is 0 Å². The van der Waals surface area contributed by atoms with Crippen LogP contribution in [0.4, 0.5) is 5.82 Å². The van der Waals surface area contributed by atoms with Gasteiger partial charge in [0.25, 0.3) is 5.91 Å². The normalized spacial score (nSPS) is 16.9. The molecule has 0 aliphatic carbocycles. The van der Waals surface area contributed by atoms with Crippen LogP contribution < -0.4 is 11.1 Å². The fraction of sp³-hybridized carbons (Fsp3) is 0.412. The third-order valence-corrected chi connectivity index (χ3v) is 4.24. The molecule has 6 nitrogen and oxygen atoms in total. The highest BCUT2D eigenvalue weighted by atomic mass is 16.3. The Labute approximate surface area is 135 Å². The van der Waals surface area contributed by atoms with Crippen molar-refractivity contribution in [2.75, 3.05) is 25.0 Å². The Bertz CT molecular complexity index is 636. The number of likely N-dealkylation sites (tertiary alicyclic amines) is 1. The predicted octanol–water partition coefficient (Wildman–Crippen LogP) is 2.41. The number of pyridine rings is 1. The summed E-state index contributed by atoms with van der Waals surface area (Å²) < 4.78 is 5.62. The lowest BCUT2D eigenvalue weighted by Gasteiger charge is -2.33. The minimum atomic E-state index is -0.479. The lowest BCUT2D eigenvalue weighted by atomic mass is 10.1. The standard InChI is InChI=1S/C17H22N4O2/c18-16(22)13-6-4-8-19-17(13)20-12-14(15-7-5-11-23-15)21-9-2-1-3-10-21/h4-8,11,14H,1-3,9-10,12H2,(H2,18,22)(H,19,20). The van der Waals surface area contributed by atoms with E-state index in [1.807, 2.05) is 12.1 Å². The lowest BCUT2D eigenvalue weighted by molar-refractivity contribution is 0.100. The molecule has 2 aromatic rings. The van der Waals surface area contributed by atoms with E-state index in [1.165, 1.54) is 19.3 Å². The zero-order valence-corrected chi connectivity index (χ0v) is 13.1. The number of aromatic nitrogens is 1. The first-order valence-corrected chi connectivity index (χ1v) is 8.02. The van der Waals surface area contributed by atoms with Crippen LogP contribution in [0.15, 0.2) is 41.1 Å². The van der Waals surface area contributed by atoms with Crippen LogP contribution in [0.25, 0.3) is 0 Å². The van der Waals surface area contributed by atoms with Crippen molar-refractivity contribution >= 4 is 11.7 Å². The molecular weight excluding hydrogens is 292 g/mol. The van der Waals surface area contributed by atoms with Crippen molar-refractivity contribution in [2.45, 2.75) is 25.3 Å². The average Bonchev–Trinajstić information content (AvgIpc) is 3.10. The van der Waals surface area contributed by atoms with Gasteiger partial charge >= 0.3 is 0 Å². The number of nitrogens with zero attached hydrogens (tertiary/aromatic N) is 2. The number of primary amides is 1. The third-order valence-electron chi connectivity index (χ3n) is 4.24. The molecule has 0 aromatic carbocycles. The summed E-state index contributed by atoms with van der Waals surface area (Å²) in [5.74, 6) is 0.970. The molecule has 1 saturated heterocycles. The van der Waals surface area contributed by atoms with Gasteiger partial charge in [-0.05, 0) is 50.2 Å². The monoisotopic (exact) mass is 314 g/mol. The Hall–Kier alpha value is -2.34. The van der Waals surface area contributed by atoms with Crippen molar-refractivity contribution in [1.29, 1.82) is 0 Å². The number of hydrogen-bond acceptors (Lipinski definition) is 5. The molecule has 1 amide bonds. The maximum absolute atomic E-state index is 11.5. The van der Waals surface area contributed by atoms with E-state index in [1.54, 1.807) is 24.6 Å². The first-order chi connectivity index (χ1) is 11.3. The van der Waals surface area contributed by atoms with Gasteiger partial charge in [0.2, 0.25) is 0 Å². The molecule has 1 aliphatic heterocycles. The van der Waals surface area contributed by atoms with Crippen LogP contribution in [0.2, 0.25) is 0 Å². The first-order valence-electron chi connectivity index (χ1n) is 8.02. The fourth-order valence-corrected chi connectivity index (χ4v) is 3.06. The summed E-state index contributed by atoms with van der Waals surface area (Å²) in [7, 11) is 0. The van der Waals surface area contributed by atoms with E-state index in [9.17, 15) is 4.79 Å². The smallest absolute Gasteiger partial charge is 0.252 e. The zero-order valence-electron chi connectivity index (χ0n) is 13.1. The van der Waals surface area contributed by atoms with E-state index in [2.05, 4.69) is 15.2 Å². The maximum Gasteiger partial charge on any atom is 0.252 e. The first kappa shape index (κ1) is 15.6. The summed E-state index contributed by atoms with van der Waals surface area (Å²) in [5, 5.41) is 3.27. The van der Waals surface area contributed by atoms with E-state index in [0.717, 1.165) is 18.8 Å². The summed E-state index contributed by atoms with van der Waals surface area (Å²) in [4.78, 5) is 18.2. The van der Waals surface area contributed by atoms with Crippen LogP contribution in [0.3, 0.4) is 0 Å². The number of carbonyl (C=O) groups excluding carboxylic acids is 1. The molecule has 6 heteroatoms. The summed E-state index contributed by atoms with van der Waals surface area (Å²) >= 11 is 0. The molecule has 1 unspecified atom stereocenters. The van der Waals surface area contributed by atoms with Crippen LogP contribution in [-0.4, -0.2) is 35.4 Å². The number of nitrogens with two attached hydrogens (primary N) is 1. The van der Waals surface area contributed by atoms with Gasteiger partial charge in [0.15, 0.2) is 0 Å². The highest BCUT2D eigenvalue weighted by Gasteiger charge is 2.24. The molecule has 3 rings (SSSR count). The summed E-state index contributed by atoms with van der Waals surface area (Å²) in [6, 6.07) is 7.41. The van der Waals surface area contributed by atoms with Gasteiger partial charge in [0, 0.05) is 12.7 Å². The van der Waals surface area contributed by atoms with Gasteiger partial charge in [-0.25, -0.2) is 4.98 Å². The van der Waals surface area contributed by atoms with E-state index >= 15 is 0 Å². The second-order valence-corrected chi connectivity index (χ2v) is 5.77. The van der Waals surface area contributed by atoms with E-state index in [-0.39, 0.29) is 6.04 Å². The van der Waals surface area contributed by atoms with Crippen molar-refractivity contribution in [3.8, 4) is 0 Å². The molecule has 1 atom stereocenters. The van der Waals surface area contributed by atoms with Crippen LogP contribution in [-0.2, 0) is 0 Å². The number of piperidine rings is 1. The highest BCUT2D eigenvalue weighted by molar-refractivity contribution is 5.97. The van der Waals surface area contributed by atoms with Crippen LogP contribution in [0.5, 0.6) is 0 Å². The number of hydrogen-bond donors (Lipinski definition) is 2. The van der Waals surface area contributed by atoms with Crippen LogP contribution in [0, 0.1) is 0 Å². The third kappa shape index (κ3) is 3.71. The Morgan fingerprint density at radius 1 is 1.30 bits per heavy atom. The number of rotatable bonds is 6. The predicted molar refractivity (Wildman–Crippen MR) is 88.1 cm³/mol. The maximum atomic E-state index is 11.5. The molecule has 1 fully saturated rings. The number of amides is 1. The number of nitrogens with one attached hydrogen (secondary N) is 1. The Morgan fingerprint density at radius 2 is 2.13 bits per heavy atom. The molecular formula is C17H22N4O2. The molecule has 3 heterocycles. The molecule has 0 spiro atoms. The van der Waals surface area contributed by atoms with Crippen molar-refractivity contribution in [3.05, 3.63) is 48.0 Å². The average molecular weight is 314 g/mol. The van der Waals surface area contributed by atoms with Crippen LogP contribution >= 0.6 is 0 Å². The molecule has 2 aromatic heterocycles. The SMILES string of the molecule is NC(=O)c1cccnc1NCC(c1ccco1)N1CCCCC1. The van der Waals surface area contributed by atoms with Crippen LogP contribution in [0.1, 0.15) is 41.4 Å². The summed E-state index contributed by atoms with van der Waals surface area (Å²) in [6.45, 7) is 2.72. The van der Waals surface area contributed by atoms with Crippen molar-refractivity contribution in [1.82, 2.24) is 9.88 Å². The van der Waals surface area contributed by atoms with Gasteiger partial charge in [-0.2, -0.15) is 0 Å². The number of carbonyl (C=O) groups is 1. The second kappa shape index (κ2) is 7.28. The minimum Gasteiger partial charge on any atom is -0.468 e. The molecule has 122 valence electrons. The van der Waals surface area contributed by atoms with E-state index in [0.29, 0.717) is 17.9 Å². The molecule has 23 heavy (non-hydrogen) atoms. The van der Waals surface area contributed by atoms with Crippen molar-refractivity contribution in [2.24, 2.45) is 5.73 Å². The Kier molecular flexibility index (Phi) is 4.92. The topological polar surface area (TPSA) is 84.4 Å². The summed E-state index contributed by atoms with van der Waals surface area (Å²) in [5.41, 5.74) is 5.82. The second-order valence-electron chi connectivity index (χ2n) is 5.77. The Morgan fingerprint density at radius 3 is 2.83 bits per heavy atom.